The van der Waals surface area contributed by atoms with Crippen molar-refractivity contribution in [2.75, 3.05) is 11.6 Å². The summed E-state index contributed by atoms with van der Waals surface area (Å²) in [6, 6.07) is 14.0. The minimum Gasteiger partial charge on any atom is -0.306 e. The number of aryl methyl sites for hydroxylation is 1. The van der Waals surface area contributed by atoms with E-state index in [2.05, 4.69) is 15.4 Å². The lowest BCUT2D eigenvalue weighted by atomic mass is 10.2. The number of halogens is 1. The Morgan fingerprint density at radius 3 is 2.81 bits per heavy atom. The number of thiazole rings is 1. The lowest BCUT2D eigenvalue weighted by molar-refractivity contribution is 0.102. The number of carbonyl (C=O) groups is 1. The molecule has 0 unspecified atom stereocenters. The van der Waals surface area contributed by atoms with E-state index in [9.17, 15) is 9.18 Å². The number of para-hydroxylation sites is 1. The van der Waals surface area contributed by atoms with E-state index in [-0.39, 0.29) is 11.7 Å². The average molecular weight is 398 g/mol. The molecule has 8 heteroatoms. The predicted molar refractivity (Wildman–Crippen MR) is 108 cm³/mol. The van der Waals surface area contributed by atoms with Crippen molar-refractivity contribution in [1.29, 1.82) is 0 Å². The number of hydrogen-bond acceptors (Lipinski definition) is 5. The Hall–Kier alpha value is -2.71. The monoisotopic (exact) mass is 398 g/mol. The molecule has 1 N–H and O–H groups in total. The van der Waals surface area contributed by atoms with Crippen LogP contribution >= 0.6 is 23.1 Å². The smallest absolute Gasteiger partial charge is 0.256 e. The molecule has 4 rings (SSSR count). The Labute approximate surface area is 163 Å². The second-order valence-corrected chi connectivity index (χ2v) is 7.74. The summed E-state index contributed by atoms with van der Waals surface area (Å²) in [6.07, 6.45) is 1.96. The van der Waals surface area contributed by atoms with Gasteiger partial charge in [0.25, 0.3) is 5.91 Å². The predicted octanol–water partition coefficient (Wildman–Crippen LogP) is 4.90. The van der Waals surface area contributed by atoms with Crippen molar-refractivity contribution in [3.63, 3.8) is 0 Å². The van der Waals surface area contributed by atoms with E-state index < -0.39 is 0 Å². The highest BCUT2D eigenvalue weighted by Crippen LogP contribution is 2.29. The van der Waals surface area contributed by atoms with Gasteiger partial charge in [-0.05, 0) is 43.5 Å². The zero-order valence-electron chi connectivity index (χ0n) is 14.6. The van der Waals surface area contributed by atoms with Crippen molar-refractivity contribution in [3.05, 3.63) is 65.6 Å². The summed E-state index contributed by atoms with van der Waals surface area (Å²) < 4.78 is 16.2. The Kier molecular flexibility index (Phi) is 4.67. The van der Waals surface area contributed by atoms with Crippen molar-refractivity contribution < 1.29 is 9.18 Å². The van der Waals surface area contributed by atoms with Gasteiger partial charge in [0.1, 0.15) is 17.2 Å². The van der Waals surface area contributed by atoms with Crippen LogP contribution in [0.2, 0.25) is 0 Å². The summed E-state index contributed by atoms with van der Waals surface area (Å²) >= 11 is 2.89. The first-order chi connectivity index (χ1) is 13.0. The minimum atomic E-state index is -0.377. The van der Waals surface area contributed by atoms with Gasteiger partial charge in [0.2, 0.25) is 5.13 Å². The van der Waals surface area contributed by atoms with Gasteiger partial charge in [-0.3, -0.25) is 4.79 Å². The number of fused-ring (bicyclic) bond motifs is 1. The highest BCUT2D eigenvalue weighted by Gasteiger charge is 2.16. The lowest BCUT2D eigenvalue weighted by Crippen LogP contribution is -2.15. The van der Waals surface area contributed by atoms with Gasteiger partial charge >= 0.3 is 0 Å². The number of benzene rings is 2. The summed E-state index contributed by atoms with van der Waals surface area (Å²) in [6.45, 7) is 1.83. The number of aromatic nitrogens is 3. The normalized spacial score (nSPS) is 11.1. The molecule has 0 fully saturated rings. The van der Waals surface area contributed by atoms with Gasteiger partial charge in [-0.2, -0.15) is 9.78 Å². The lowest BCUT2D eigenvalue weighted by Gasteiger charge is -2.07. The van der Waals surface area contributed by atoms with Gasteiger partial charge in [-0.25, -0.2) is 9.37 Å². The maximum Gasteiger partial charge on any atom is 0.256 e. The highest BCUT2D eigenvalue weighted by molar-refractivity contribution is 7.98. The molecule has 5 nitrogen and oxygen atoms in total. The van der Waals surface area contributed by atoms with Crippen LogP contribution in [0.1, 0.15) is 16.1 Å². The van der Waals surface area contributed by atoms with Crippen LogP contribution in [0, 0.1) is 12.7 Å². The Morgan fingerprint density at radius 1 is 1.22 bits per heavy atom. The fourth-order valence-electron chi connectivity index (χ4n) is 2.68. The molecule has 0 bridgehead atoms. The topological polar surface area (TPSA) is 59.8 Å². The van der Waals surface area contributed by atoms with E-state index in [1.165, 1.54) is 22.1 Å². The fraction of sp³-hybridized carbons (Fsp3) is 0.105. The zero-order chi connectivity index (χ0) is 19.0. The zero-order valence-corrected chi connectivity index (χ0v) is 16.2. The number of rotatable bonds is 4. The van der Waals surface area contributed by atoms with E-state index in [4.69, 9.17) is 0 Å². The SMILES string of the molecule is CSc1cccc(C(=O)Nc2cc(C)nn2-c2nc3c(F)cccc3s2)c1. The summed E-state index contributed by atoms with van der Waals surface area (Å²) in [5, 5.41) is 7.79. The van der Waals surface area contributed by atoms with Crippen LogP contribution in [-0.2, 0) is 0 Å². The molecule has 1 amide bonds. The molecule has 0 spiro atoms. The number of amides is 1. The largest absolute Gasteiger partial charge is 0.306 e. The third kappa shape index (κ3) is 3.45. The number of thioether (sulfide) groups is 1. The third-order valence-corrected chi connectivity index (χ3v) is 5.67. The second kappa shape index (κ2) is 7.13. The molecule has 0 saturated carbocycles. The molecule has 27 heavy (non-hydrogen) atoms. The van der Waals surface area contributed by atoms with E-state index in [1.54, 1.807) is 30.0 Å². The van der Waals surface area contributed by atoms with Gasteiger partial charge in [-0.15, -0.1) is 11.8 Å². The number of hydrogen-bond donors (Lipinski definition) is 1. The molecule has 0 atom stereocenters. The molecule has 0 aliphatic heterocycles. The van der Waals surface area contributed by atoms with Crippen molar-refractivity contribution >= 4 is 45.0 Å². The maximum absolute atomic E-state index is 14.0. The van der Waals surface area contributed by atoms with Crippen LogP contribution in [0.4, 0.5) is 10.2 Å². The van der Waals surface area contributed by atoms with E-state index in [1.807, 2.05) is 37.4 Å². The molecule has 2 aromatic heterocycles. The highest BCUT2D eigenvalue weighted by atomic mass is 32.2. The van der Waals surface area contributed by atoms with Crippen LogP contribution < -0.4 is 5.32 Å². The molecule has 0 saturated heterocycles. The third-order valence-electron chi connectivity index (χ3n) is 3.94. The quantitative estimate of drug-likeness (QED) is 0.497. The number of carbonyl (C=O) groups excluding carboxylic acids is 1. The van der Waals surface area contributed by atoms with Crippen LogP contribution in [0.3, 0.4) is 0 Å². The summed E-state index contributed by atoms with van der Waals surface area (Å²) in [4.78, 5) is 18.0. The van der Waals surface area contributed by atoms with Gasteiger partial charge in [-0.1, -0.05) is 23.5 Å². The van der Waals surface area contributed by atoms with E-state index in [0.29, 0.717) is 22.0 Å². The fourth-order valence-corrected chi connectivity index (χ4v) is 4.09. The Morgan fingerprint density at radius 2 is 2.04 bits per heavy atom. The number of anilines is 1. The van der Waals surface area contributed by atoms with Crippen LogP contribution in [0.25, 0.3) is 15.3 Å². The van der Waals surface area contributed by atoms with E-state index >= 15 is 0 Å². The second-order valence-electron chi connectivity index (χ2n) is 5.85. The van der Waals surface area contributed by atoms with Crippen LogP contribution in [0.15, 0.2) is 53.4 Å². The van der Waals surface area contributed by atoms with Crippen LogP contribution in [-0.4, -0.2) is 26.9 Å². The molecule has 0 aliphatic rings. The molecule has 0 aliphatic carbocycles. The average Bonchev–Trinajstić information content (AvgIpc) is 3.26. The maximum atomic E-state index is 14.0. The van der Waals surface area contributed by atoms with Gasteiger partial charge in [0.15, 0.2) is 0 Å². The number of nitrogens with one attached hydrogen (secondary N) is 1. The summed E-state index contributed by atoms with van der Waals surface area (Å²) in [7, 11) is 0. The van der Waals surface area contributed by atoms with E-state index in [0.717, 1.165) is 15.3 Å². The molecule has 2 aromatic carbocycles. The first kappa shape index (κ1) is 17.7. The van der Waals surface area contributed by atoms with Crippen molar-refractivity contribution in [3.8, 4) is 5.13 Å². The number of nitrogens with zero attached hydrogens (tertiary/aromatic N) is 3. The van der Waals surface area contributed by atoms with Gasteiger partial charge in [0, 0.05) is 16.5 Å². The Bertz CT molecular complexity index is 1150. The molecular weight excluding hydrogens is 383 g/mol. The van der Waals surface area contributed by atoms with Gasteiger partial charge in [0.05, 0.1) is 10.4 Å². The summed E-state index contributed by atoms with van der Waals surface area (Å²) in [5.41, 5.74) is 1.58. The molecule has 0 radical (unpaired) electrons. The molecule has 4 aromatic rings. The van der Waals surface area contributed by atoms with Crippen molar-refractivity contribution in [2.45, 2.75) is 11.8 Å². The molecule has 2 heterocycles. The van der Waals surface area contributed by atoms with Crippen LogP contribution in [0.5, 0.6) is 0 Å². The van der Waals surface area contributed by atoms with Crippen molar-refractivity contribution in [1.82, 2.24) is 14.8 Å². The standard InChI is InChI=1S/C19H15FN4OS2/c1-11-9-16(21-18(25)12-5-3-6-13(10-12)26-2)24(23-11)19-22-17-14(20)7-4-8-15(17)27-19/h3-10H,1-2H3,(H,21,25). The Balaban J connectivity index is 1.70. The minimum absolute atomic E-state index is 0.237. The first-order valence-electron chi connectivity index (χ1n) is 8.12. The van der Waals surface area contributed by atoms with Crippen molar-refractivity contribution in [2.24, 2.45) is 0 Å². The molecular formula is C19H15FN4OS2. The molecule has 136 valence electrons. The summed E-state index contributed by atoms with van der Waals surface area (Å²) in [5.74, 6) is -0.121. The van der Waals surface area contributed by atoms with Gasteiger partial charge < -0.3 is 5.32 Å². The first-order valence-corrected chi connectivity index (χ1v) is 10.2.